The summed E-state index contributed by atoms with van der Waals surface area (Å²) in [4.78, 5) is 33.3. The van der Waals surface area contributed by atoms with Crippen LogP contribution >= 0.6 is 0 Å². The van der Waals surface area contributed by atoms with Gasteiger partial charge in [0.25, 0.3) is 0 Å². The van der Waals surface area contributed by atoms with E-state index in [4.69, 9.17) is 0 Å². The standard InChI is InChI=1S/C21H32N4O2/c1-16(2)19(22-3)20(27)24-12-8-21(9-13-24)7-4-18(26)25(15-21)14-17-5-10-23-11-6-17/h5-6,10-11,16,19,22H,4,7-9,12-15H2,1-3H3. The molecule has 148 valence electrons. The average molecular weight is 373 g/mol. The first kappa shape index (κ1) is 19.8. The SMILES string of the molecule is CNC(C(=O)N1CCC2(CCC(=O)N(Cc3ccncc3)C2)CC1)C(C)C. The smallest absolute Gasteiger partial charge is 0.239 e. The number of amides is 2. The second-order valence-electron chi connectivity index (χ2n) is 8.44. The molecule has 1 atom stereocenters. The summed E-state index contributed by atoms with van der Waals surface area (Å²) < 4.78 is 0. The molecule has 6 heteroatoms. The number of carbonyl (C=O) groups is 2. The van der Waals surface area contributed by atoms with E-state index in [0.717, 1.165) is 44.5 Å². The van der Waals surface area contributed by atoms with Gasteiger partial charge in [-0.25, -0.2) is 0 Å². The Labute approximate surface area is 162 Å². The van der Waals surface area contributed by atoms with Crippen molar-refractivity contribution in [1.82, 2.24) is 20.1 Å². The third-order valence-electron chi connectivity index (χ3n) is 6.25. The zero-order valence-electron chi connectivity index (χ0n) is 16.8. The van der Waals surface area contributed by atoms with E-state index in [9.17, 15) is 9.59 Å². The van der Waals surface area contributed by atoms with Gasteiger partial charge in [-0.2, -0.15) is 0 Å². The number of nitrogens with one attached hydrogen (secondary N) is 1. The van der Waals surface area contributed by atoms with Gasteiger partial charge in [-0.1, -0.05) is 13.8 Å². The molecule has 0 saturated carbocycles. The second-order valence-corrected chi connectivity index (χ2v) is 8.44. The minimum absolute atomic E-state index is 0.116. The van der Waals surface area contributed by atoms with Gasteiger partial charge >= 0.3 is 0 Å². The van der Waals surface area contributed by atoms with Gasteiger partial charge in [0.15, 0.2) is 0 Å². The van der Waals surface area contributed by atoms with Gasteiger partial charge in [-0.15, -0.1) is 0 Å². The normalized spacial score (nSPS) is 21.0. The molecule has 1 unspecified atom stereocenters. The summed E-state index contributed by atoms with van der Waals surface area (Å²) in [5.74, 6) is 0.732. The van der Waals surface area contributed by atoms with Crippen LogP contribution in [0.15, 0.2) is 24.5 Å². The summed E-state index contributed by atoms with van der Waals surface area (Å²) in [6.45, 7) is 7.20. The largest absolute Gasteiger partial charge is 0.341 e. The number of nitrogens with zero attached hydrogens (tertiary/aromatic N) is 3. The van der Waals surface area contributed by atoms with Gasteiger partial charge < -0.3 is 15.1 Å². The number of likely N-dealkylation sites (tertiary alicyclic amines) is 2. The van der Waals surface area contributed by atoms with E-state index in [2.05, 4.69) is 24.1 Å². The number of rotatable bonds is 5. The highest BCUT2D eigenvalue weighted by Crippen LogP contribution is 2.40. The highest BCUT2D eigenvalue weighted by Gasteiger charge is 2.42. The van der Waals surface area contributed by atoms with Crippen LogP contribution in [-0.4, -0.2) is 59.3 Å². The molecule has 0 bridgehead atoms. The molecule has 2 aliphatic heterocycles. The first-order valence-corrected chi connectivity index (χ1v) is 10.1. The van der Waals surface area contributed by atoms with E-state index in [1.165, 1.54) is 0 Å². The molecule has 0 radical (unpaired) electrons. The van der Waals surface area contributed by atoms with Gasteiger partial charge in [0.1, 0.15) is 0 Å². The summed E-state index contributed by atoms with van der Waals surface area (Å²) in [7, 11) is 1.86. The Hall–Kier alpha value is -1.95. The number of piperidine rings is 2. The van der Waals surface area contributed by atoms with Gasteiger partial charge in [-0.3, -0.25) is 14.6 Å². The maximum atomic E-state index is 12.8. The lowest BCUT2D eigenvalue weighted by Gasteiger charge is -2.48. The molecule has 1 aromatic heterocycles. The molecule has 27 heavy (non-hydrogen) atoms. The minimum Gasteiger partial charge on any atom is -0.341 e. The highest BCUT2D eigenvalue weighted by molar-refractivity contribution is 5.82. The van der Waals surface area contributed by atoms with Crippen LogP contribution in [-0.2, 0) is 16.1 Å². The van der Waals surface area contributed by atoms with E-state index in [1.807, 2.05) is 29.0 Å². The lowest BCUT2D eigenvalue weighted by atomic mass is 9.72. The van der Waals surface area contributed by atoms with Gasteiger partial charge in [0.2, 0.25) is 11.8 Å². The van der Waals surface area contributed by atoms with Gasteiger partial charge in [0.05, 0.1) is 6.04 Å². The fraction of sp³-hybridized carbons (Fsp3) is 0.667. The van der Waals surface area contributed by atoms with Crippen molar-refractivity contribution in [2.45, 2.75) is 52.1 Å². The summed E-state index contributed by atoms with van der Waals surface area (Å²) in [5, 5.41) is 3.16. The predicted molar refractivity (Wildman–Crippen MR) is 105 cm³/mol. The topological polar surface area (TPSA) is 65.5 Å². The molecule has 2 saturated heterocycles. The predicted octanol–water partition coefficient (Wildman–Crippen LogP) is 2.06. The fourth-order valence-electron chi connectivity index (χ4n) is 4.50. The second kappa shape index (κ2) is 8.38. The molecule has 0 aromatic carbocycles. The maximum absolute atomic E-state index is 12.8. The summed E-state index contributed by atoms with van der Waals surface area (Å²) in [5.41, 5.74) is 1.28. The van der Waals surface area contributed by atoms with Crippen molar-refractivity contribution < 1.29 is 9.59 Å². The summed E-state index contributed by atoms with van der Waals surface area (Å²) in [6.07, 6.45) is 7.07. The average Bonchev–Trinajstić information content (AvgIpc) is 2.66. The molecule has 2 fully saturated rings. The molecule has 2 aliphatic rings. The van der Waals surface area contributed by atoms with Crippen LogP contribution in [0.1, 0.15) is 45.1 Å². The number of hydrogen-bond acceptors (Lipinski definition) is 4. The zero-order valence-corrected chi connectivity index (χ0v) is 16.8. The molecule has 1 N–H and O–H groups in total. The number of aromatic nitrogens is 1. The Kier molecular flexibility index (Phi) is 6.15. The monoisotopic (exact) mass is 372 g/mol. The van der Waals surface area contributed by atoms with Gasteiger partial charge in [-0.05, 0) is 55.3 Å². The van der Waals surface area contributed by atoms with Crippen molar-refractivity contribution in [2.24, 2.45) is 11.3 Å². The zero-order chi connectivity index (χ0) is 19.4. The van der Waals surface area contributed by atoms with Crippen LogP contribution in [0.5, 0.6) is 0 Å². The maximum Gasteiger partial charge on any atom is 0.239 e. The number of likely N-dealkylation sites (N-methyl/N-ethyl adjacent to an activating group) is 1. The van der Waals surface area contributed by atoms with Crippen molar-refractivity contribution in [1.29, 1.82) is 0 Å². The van der Waals surface area contributed by atoms with E-state index >= 15 is 0 Å². The molecule has 0 aliphatic carbocycles. The Balaban J connectivity index is 1.61. The molecule has 6 nitrogen and oxygen atoms in total. The molecular weight excluding hydrogens is 340 g/mol. The molecule has 2 amide bonds. The van der Waals surface area contributed by atoms with Crippen LogP contribution in [0.25, 0.3) is 0 Å². The third-order valence-corrected chi connectivity index (χ3v) is 6.25. The molecule has 1 aromatic rings. The Bertz CT molecular complexity index is 653. The summed E-state index contributed by atoms with van der Waals surface area (Å²) in [6, 6.07) is 3.83. The van der Waals surface area contributed by atoms with E-state index < -0.39 is 0 Å². The molecule has 3 rings (SSSR count). The van der Waals surface area contributed by atoms with Crippen LogP contribution in [0, 0.1) is 11.3 Å². The molecular formula is C21H32N4O2. The van der Waals surface area contributed by atoms with E-state index in [0.29, 0.717) is 13.0 Å². The van der Waals surface area contributed by atoms with Crippen molar-refractivity contribution in [3.05, 3.63) is 30.1 Å². The first-order chi connectivity index (χ1) is 12.9. The van der Waals surface area contributed by atoms with Crippen LogP contribution in [0.3, 0.4) is 0 Å². The highest BCUT2D eigenvalue weighted by atomic mass is 16.2. The van der Waals surface area contributed by atoms with Crippen molar-refractivity contribution >= 4 is 11.8 Å². The number of pyridine rings is 1. The van der Waals surface area contributed by atoms with Crippen LogP contribution in [0.2, 0.25) is 0 Å². The summed E-state index contributed by atoms with van der Waals surface area (Å²) >= 11 is 0. The quantitative estimate of drug-likeness (QED) is 0.859. The van der Waals surface area contributed by atoms with Crippen molar-refractivity contribution in [2.75, 3.05) is 26.7 Å². The van der Waals surface area contributed by atoms with Crippen LogP contribution < -0.4 is 5.32 Å². The van der Waals surface area contributed by atoms with E-state index in [-0.39, 0.29) is 29.2 Å². The lowest BCUT2D eigenvalue weighted by molar-refractivity contribution is -0.144. The van der Waals surface area contributed by atoms with Crippen molar-refractivity contribution in [3.8, 4) is 0 Å². The van der Waals surface area contributed by atoms with Gasteiger partial charge in [0, 0.05) is 45.0 Å². The number of hydrogen-bond donors (Lipinski definition) is 1. The Morgan fingerprint density at radius 2 is 1.89 bits per heavy atom. The first-order valence-electron chi connectivity index (χ1n) is 10.1. The Morgan fingerprint density at radius 3 is 2.48 bits per heavy atom. The number of carbonyl (C=O) groups excluding carboxylic acids is 2. The van der Waals surface area contributed by atoms with E-state index in [1.54, 1.807) is 12.4 Å². The molecule has 3 heterocycles. The Morgan fingerprint density at radius 1 is 1.22 bits per heavy atom. The van der Waals surface area contributed by atoms with Crippen LogP contribution in [0.4, 0.5) is 0 Å². The minimum atomic E-state index is -0.116. The molecule has 1 spiro atoms. The lowest BCUT2D eigenvalue weighted by Crippen LogP contribution is -2.55. The fourth-order valence-corrected chi connectivity index (χ4v) is 4.50. The third kappa shape index (κ3) is 4.49. The van der Waals surface area contributed by atoms with Crippen molar-refractivity contribution in [3.63, 3.8) is 0 Å².